The van der Waals surface area contributed by atoms with Crippen molar-refractivity contribution in [3.8, 4) is 0 Å². The second kappa shape index (κ2) is 5.16. The minimum absolute atomic E-state index is 0.357. The summed E-state index contributed by atoms with van der Waals surface area (Å²) in [6.45, 7) is 0. The summed E-state index contributed by atoms with van der Waals surface area (Å²) >= 11 is 0. The van der Waals surface area contributed by atoms with E-state index >= 15 is 0 Å². The zero-order chi connectivity index (χ0) is 12.1. The van der Waals surface area contributed by atoms with Gasteiger partial charge in [-0.05, 0) is 17.2 Å². The lowest BCUT2D eigenvalue weighted by Gasteiger charge is -1.92. The number of carbonyl (C=O) groups is 1. The van der Waals surface area contributed by atoms with Gasteiger partial charge in [0, 0.05) is 6.20 Å². The summed E-state index contributed by atoms with van der Waals surface area (Å²) in [5.74, 6) is -0.357. The molecular weight excluding hydrogens is 214 g/mol. The summed E-state index contributed by atoms with van der Waals surface area (Å²) in [7, 11) is 1.36. The summed E-state index contributed by atoms with van der Waals surface area (Å²) in [4.78, 5) is 14.1. The van der Waals surface area contributed by atoms with Gasteiger partial charge in [0.1, 0.15) is 5.69 Å². The van der Waals surface area contributed by atoms with Gasteiger partial charge in [-0.25, -0.2) is 4.79 Å². The molecular formula is C14H13NO2. The Morgan fingerprint density at radius 1 is 1.18 bits per heavy atom. The summed E-state index contributed by atoms with van der Waals surface area (Å²) in [5.41, 5.74) is 2.52. The smallest absolute Gasteiger partial charge is 0.354 e. The summed E-state index contributed by atoms with van der Waals surface area (Å²) in [6.07, 6.45) is 5.70. The Balaban J connectivity index is 2.12. The van der Waals surface area contributed by atoms with Gasteiger partial charge < -0.3 is 9.72 Å². The number of aromatic amines is 1. The number of aromatic nitrogens is 1. The first-order chi connectivity index (χ1) is 8.29. The fraction of sp³-hybridized carbons (Fsp3) is 0.0714. The minimum Gasteiger partial charge on any atom is -0.464 e. The Morgan fingerprint density at radius 2 is 1.88 bits per heavy atom. The third-order valence-corrected chi connectivity index (χ3v) is 2.38. The lowest BCUT2D eigenvalue weighted by atomic mass is 10.2. The van der Waals surface area contributed by atoms with E-state index in [0.717, 1.165) is 11.1 Å². The molecule has 1 aromatic heterocycles. The Labute approximate surface area is 99.7 Å². The van der Waals surface area contributed by atoms with Crippen molar-refractivity contribution >= 4 is 18.1 Å². The predicted molar refractivity (Wildman–Crippen MR) is 67.5 cm³/mol. The molecule has 0 saturated heterocycles. The summed E-state index contributed by atoms with van der Waals surface area (Å²) in [6, 6.07) is 11.7. The van der Waals surface area contributed by atoms with Gasteiger partial charge in [0.2, 0.25) is 0 Å². The molecule has 17 heavy (non-hydrogen) atoms. The first kappa shape index (κ1) is 11.2. The lowest BCUT2D eigenvalue weighted by Crippen LogP contribution is -2.00. The van der Waals surface area contributed by atoms with E-state index < -0.39 is 0 Å². The van der Waals surface area contributed by atoms with Gasteiger partial charge in [-0.3, -0.25) is 0 Å². The normalized spacial score (nSPS) is 10.6. The molecule has 0 spiro atoms. The van der Waals surface area contributed by atoms with E-state index in [2.05, 4.69) is 9.72 Å². The van der Waals surface area contributed by atoms with Crippen LogP contribution in [0.15, 0.2) is 42.6 Å². The molecule has 0 aliphatic rings. The van der Waals surface area contributed by atoms with Crippen molar-refractivity contribution in [2.75, 3.05) is 7.11 Å². The van der Waals surface area contributed by atoms with Crippen LogP contribution in [0.3, 0.4) is 0 Å². The number of hydrogen-bond donors (Lipinski definition) is 1. The van der Waals surface area contributed by atoms with Crippen molar-refractivity contribution in [2.24, 2.45) is 0 Å². The molecule has 0 aliphatic heterocycles. The zero-order valence-corrected chi connectivity index (χ0v) is 9.51. The molecule has 3 nitrogen and oxygen atoms in total. The van der Waals surface area contributed by atoms with Crippen LogP contribution in [0.2, 0.25) is 0 Å². The second-order valence-electron chi connectivity index (χ2n) is 3.58. The van der Waals surface area contributed by atoms with Crippen LogP contribution in [0.4, 0.5) is 0 Å². The van der Waals surface area contributed by atoms with Crippen LogP contribution < -0.4 is 0 Å². The second-order valence-corrected chi connectivity index (χ2v) is 3.58. The average molecular weight is 227 g/mol. The third kappa shape index (κ3) is 2.84. The van der Waals surface area contributed by atoms with Gasteiger partial charge >= 0.3 is 5.97 Å². The highest BCUT2D eigenvalue weighted by molar-refractivity contribution is 5.88. The van der Waals surface area contributed by atoms with Gasteiger partial charge in [-0.1, -0.05) is 42.5 Å². The number of ether oxygens (including phenoxy) is 1. The minimum atomic E-state index is -0.357. The largest absolute Gasteiger partial charge is 0.464 e. The molecule has 3 heteroatoms. The molecule has 86 valence electrons. The molecule has 0 unspecified atom stereocenters. The topological polar surface area (TPSA) is 42.1 Å². The number of benzene rings is 1. The fourth-order valence-electron chi connectivity index (χ4n) is 1.49. The molecule has 0 radical (unpaired) electrons. The Kier molecular flexibility index (Phi) is 3.40. The SMILES string of the molecule is COC(=O)c1cc(C=Cc2ccccc2)c[nH]1. The zero-order valence-electron chi connectivity index (χ0n) is 9.51. The predicted octanol–water partition coefficient (Wildman–Crippen LogP) is 2.97. The van der Waals surface area contributed by atoms with Crippen molar-refractivity contribution in [3.05, 3.63) is 59.4 Å². The van der Waals surface area contributed by atoms with E-state index in [9.17, 15) is 4.79 Å². The van der Waals surface area contributed by atoms with Gasteiger partial charge in [-0.2, -0.15) is 0 Å². The van der Waals surface area contributed by atoms with E-state index in [1.54, 1.807) is 12.3 Å². The summed E-state index contributed by atoms with van der Waals surface area (Å²) in [5, 5.41) is 0. The Bertz CT molecular complexity index is 526. The maximum absolute atomic E-state index is 11.2. The molecule has 1 aromatic carbocycles. The maximum atomic E-state index is 11.2. The number of methoxy groups -OCH3 is 1. The molecule has 0 atom stereocenters. The number of nitrogens with one attached hydrogen (secondary N) is 1. The van der Waals surface area contributed by atoms with Gasteiger partial charge in [0.15, 0.2) is 0 Å². The van der Waals surface area contributed by atoms with E-state index in [-0.39, 0.29) is 5.97 Å². The molecule has 2 rings (SSSR count). The first-order valence-electron chi connectivity index (χ1n) is 5.29. The van der Waals surface area contributed by atoms with Crippen LogP contribution in [0.5, 0.6) is 0 Å². The standard InChI is InChI=1S/C14H13NO2/c1-17-14(16)13-9-12(10-15-13)8-7-11-5-3-2-4-6-11/h2-10,15H,1H3. The Morgan fingerprint density at radius 3 is 2.59 bits per heavy atom. The van der Waals surface area contributed by atoms with Gasteiger partial charge in [-0.15, -0.1) is 0 Å². The number of hydrogen-bond acceptors (Lipinski definition) is 2. The maximum Gasteiger partial charge on any atom is 0.354 e. The van der Waals surface area contributed by atoms with Crippen LogP contribution in [0.25, 0.3) is 12.2 Å². The fourth-order valence-corrected chi connectivity index (χ4v) is 1.49. The van der Waals surface area contributed by atoms with Crippen molar-refractivity contribution < 1.29 is 9.53 Å². The van der Waals surface area contributed by atoms with Crippen molar-refractivity contribution in [1.82, 2.24) is 4.98 Å². The van der Waals surface area contributed by atoms with E-state index in [4.69, 9.17) is 0 Å². The van der Waals surface area contributed by atoms with Crippen molar-refractivity contribution in [2.45, 2.75) is 0 Å². The lowest BCUT2D eigenvalue weighted by molar-refractivity contribution is 0.0595. The number of carbonyl (C=O) groups excluding carboxylic acids is 1. The quantitative estimate of drug-likeness (QED) is 0.819. The van der Waals surface area contributed by atoms with E-state index in [1.807, 2.05) is 42.5 Å². The average Bonchev–Trinajstić information content (AvgIpc) is 2.85. The number of rotatable bonds is 3. The molecule has 0 aliphatic carbocycles. The highest BCUT2D eigenvalue weighted by atomic mass is 16.5. The molecule has 0 saturated carbocycles. The van der Waals surface area contributed by atoms with Crippen LogP contribution in [-0.4, -0.2) is 18.1 Å². The Hall–Kier alpha value is -2.29. The summed E-state index contributed by atoms with van der Waals surface area (Å²) < 4.78 is 4.62. The van der Waals surface area contributed by atoms with Crippen molar-refractivity contribution in [3.63, 3.8) is 0 Å². The van der Waals surface area contributed by atoms with Crippen LogP contribution in [0, 0.1) is 0 Å². The van der Waals surface area contributed by atoms with Crippen molar-refractivity contribution in [1.29, 1.82) is 0 Å². The third-order valence-electron chi connectivity index (χ3n) is 2.38. The van der Waals surface area contributed by atoms with Gasteiger partial charge in [0.25, 0.3) is 0 Å². The molecule has 0 amide bonds. The van der Waals surface area contributed by atoms with Crippen LogP contribution in [-0.2, 0) is 4.74 Å². The molecule has 2 aromatic rings. The number of esters is 1. The number of H-pyrrole nitrogens is 1. The van der Waals surface area contributed by atoms with E-state index in [1.165, 1.54) is 7.11 Å². The molecule has 0 bridgehead atoms. The van der Waals surface area contributed by atoms with Crippen LogP contribution in [0.1, 0.15) is 21.6 Å². The van der Waals surface area contributed by atoms with E-state index in [0.29, 0.717) is 5.69 Å². The van der Waals surface area contributed by atoms with Crippen LogP contribution >= 0.6 is 0 Å². The monoisotopic (exact) mass is 227 g/mol. The van der Waals surface area contributed by atoms with Gasteiger partial charge in [0.05, 0.1) is 7.11 Å². The first-order valence-corrected chi connectivity index (χ1v) is 5.29. The molecule has 1 heterocycles. The highest BCUT2D eigenvalue weighted by Crippen LogP contribution is 2.10. The highest BCUT2D eigenvalue weighted by Gasteiger charge is 2.06. The molecule has 0 fully saturated rings. The molecule has 1 N–H and O–H groups in total.